The Morgan fingerprint density at radius 1 is 1.36 bits per heavy atom. The lowest BCUT2D eigenvalue weighted by atomic mass is 10.0. The van der Waals surface area contributed by atoms with E-state index in [1.165, 1.54) is 12.1 Å². The molecule has 1 rings (SSSR count). The maximum atomic E-state index is 13.2. The second kappa shape index (κ2) is 5.05. The van der Waals surface area contributed by atoms with E-state index in [0.29, 0.717) is 12.0 Å². The molecular weight excluding hydrogens is 184 g/mol. The average molecular weight is 199 g/mol. The Balaban J connectivity index is 2.67. The smallest absolute Gasteiger partial charge is 0.129 e. The van der Waals surface area contributed by atoms with E-state index in [2.05, 4.69) is 0 Å². The first-order chi connectivity index (χ1) is 6.63. The van der Waals surface area contributed by atoms with Gasteiger partial charge in [0, 0.05) is 12.1 Å². The number of hydrogen-bond donors (Lipinski definition) is 1. The normalized spacial score (nSPS) is 12.9. The minimum atomic E-state index is -0.546. The summed E-state index contributed by atoms with van der Waals surface area (Å²) in [5.41, 5.74) is 6.26. The molecule has 1 atom stereocenters. The molecule has 0 heterocycles. The maximum Gasteiger partial charge on any atom is 0.129 e. The predicted molar refractivity (Wildman–Crippen MR) is 52.9 cm³/mol. The highest BCUT2D eigenvalue weighted by atomic mass is 19.1. The molecule has 0 aliphatic heterocycles. The van der Waals surface area contributed by atoms with Crippen LogP contribution >= 0.6 is 0 Å². The van der Waals surface area contributed by atoms with Gasteiger partial charge in [-0.25, -0.2) is 8.78 Å². The van der Waals surface area contributed by atoms with Gasteiger partial charge < -0.3 is 5.73 Å². The van der Waals surface area contributed by atoms with Crippen LogP contribution in [0.5, 0.6) is 0 Å². The van der Waals surface area contributed by atoms with Crippen LogP contribution in [0.3, 0.4) is 0 Å². The predicted octanol–water partition coefficient (Wildman–Crippen LogP) is 2.63. The fraction of sp³-hybridized carbons (Fsp3) is 0.455. The molecule has 78 valence electrons. The van der Waals surface area contributed by atoms with E-state index in [4.69, 9.17) is 5.73 Å². The van der Waals surface area contributed by atoms with E-state index in [0.717, 1.165) is 18.9 Å². The van der Waals surface area contributed by atoms with Crippen molar-refractivity contribution in [2.75, 3.05) is 0 Å². The van der Waals surface area contributed by atoms with Crippen LogP contribution in [0.1, 0.15) is 25.3 Å². The summed E-state index contributed by atoms with van der Waals surface area (Å²) in [5, 5.41) is 0. The van der Waals surface area contributed by atoms with Gasteiger partial charge in [0.1, 0.15) is 11.6 Å². The van der Waals surface area contributed by atoms with Crippen LogP contribution in [-0.2, 0) is 6.42 Å². The molecule has 1 aromatic carbocycles. The zero-order valence-electron chi connectivity index (χ0n) is 8.26. The molecule has 0 bridgehead atoms. The van der Waals surface area contributed by atoms with Gasteiger partial charge in [-0.3, -0.25) is 0 Å². The van der Waals surface area contributed by atoms with Crippen LogP contribution in [0.25, 0.3) is 0 Å². The minimum absolute atomic E-state index is 0.0417. The third-order valence-electron chi connectivity index (χ3n) is 2.16. The van der Waals surface area contributed by atoms with Crippen LogP contribution in [0.4, 0.5) is 8.78 Å². The number of hydrogen-bond acceptors (Lipinski definition) is 1. The lowest BCUT2D eigenvalue weighted by Gasteiger charge is -2.10. The quantitative estimate of drug-likeness (QED) is 0.792. The molecule has 1 nitrogen and oxygen atoms in total. The molecule has 0 unspecified atom stereocenters. The highest BCUT2D eigenvalue weighted by molar-refractivity contribution is 5.19. The van der Waals surface area contributed by atoms with Gasteiger partial charge in [-0.2, -0.15) is 0 Å². The summed E-state index contributed by atoms with van der Waals surface area (Å²) in [7, 11) is 0. The Hall–Kier alpha value is -0.960. The molecule has 0 fully saturated rings. The van der Waals surface area contributed by atoms with Gasteiger partial charge in [0.25, 0.3) is 0 Å². The second-order valence-electron chi connectivity index (χ2n) is 3.49. The van der Waals surface area contributed by atoms with Gasteiger partial charge in [-0.15, -0.1) is 0 Å². The summed E-state index contributed by atoms with van der Waals surface area (Å²) < 4.78 is 25.7. The van der Waals surface area contributed by atoms with Crippen molar-refractivity contribution in [1.29, 1.82) is 0 Å². The Bertz CT molecular complexity index is 299. The molecule has 1 aromatic rings. The Morgan fingerprint density at radius 3 is 2.64 bits per heavy atom. The van der Waals surface area contributed by atoms with Gasteiger partial charge >= 0.3 is 0 Å². The van der Waals surface area contributed by atoms with Crippen molar-refractivity contribution in [2.24, 2.45) is 5.73 Å². The Morgan fingerprint density at radius 2 is 2.07 bits per heavy atom. The number of benzene rings is 1. The van der Waals surface area contributed by atoms with Crippen molar-refractivity contribution >= 4 is 0 Å². The first-order valence-corrected chi connectivity index (χ1v) is 4.83. The Kier molecular flexibility index (Phi) is 4.01. The Labute approximate surface area is 82.9 Å². The number of rotatable bonds is 4. The van der Waals surface area contributed by atoms with Crippen molar-refractivity contribution < 1.29 is 8.78 Å². The molecule has 0 saturated carbocycles. The van der Waals surface area contributed by atoms with Crippen molar-refractivity contribution in [3.05, 3.63) is 35.4 Å². The van der Waals surface area contributed by atoms with E-state index in [1.54, 1.807) is 0 Å². The summed E-state index contributed by atoms with van der Waals surface area (Å²) in [4.78, 5) is 0. The SMILES string of the molecule is CCC[C@@H](N)Cc1ccc(F)cc1F. The standard InChI is InChI=1S/C11H15F2N/c1-2-3-10(14)6-8-4-5-9(12)7-11(8)13/h4-5,7,10H,2-3,6,14H2,1H3/t10-/m1/s1. The van der Waals surface area contributed by atoms with Gasteiger partial charge in [0.2, 0.25) is 0 Å². The summed E-state index contributed by atoms with van der Waals surface area (Å²) in [6.07, 6.45) is 2.31. The van der Waals surface area contributed by atoms with Crippen molar-refractivity contribution in [1.82, 2.24) is 0 Å². The van der Waals surface area contributed by atoms with Crippen LogP contribution in [-0.4, -0.2) is 6.04 Å². The highest BCUT2D eigenvalue weighted by Crippen LogP contribution is 2.12. The van der Waals surface area contributed by atoms with E-state index >= 15 is 0 Å². The maximum absolute atomic E-state index is 13.2. The van der Waals surface area contributed by atoms with E-state index in [-0.39, 0.29) is 6.04 Å². The summed E-state index contributed by atoms with van der Waals surface area (Å²) >= 11 is 0. The van der Waals surface area contributed by atoms with E-state index in [9.17, 15) is 8.78 Å². The molecule has 0 spiro atoms. The lowest BCUT2D eigenvalue weighted by molar-refractivity contribution is 0.546. The van der Waals surface area contributed by atoms with Crippen LogP contribution in [0.2, 0.25) is 0 Å². The van der Waals surface area contributed by atoms with Gasteiger partial charge in [-0.05, 0) is 24.5 Å². The number of halogens is 2. The molecule has 2 N–H and O–H groups in total. The average Bonchev–Trinajstić information content (AvgIpc) is 2.10. The molecule has 0 aliphatic carbocycles. The molecule has 0 radical (unpaired) electrons. The molecule has 0 aromatic heterocycles. The largest absolute Gasteiger partial charge is 0.327 e. The minimum Gasteiger partial charge on any atom is -0.327 e. The molecule has 14 heavy (non-hydrogen) atoms. The van der Waals surface area contributed by atoms with Gasteiger partial charge in [-0.1, -0.05) is 19.4 Å². The zero-order valence-corrected chi connectivity index (χ0v) is 8.26. The first-order valence-electron chi connectivity index (χ1n) is 4.83. The first kappa shape index (κ1) is 11.1. The van der Waals surface area contributed by atoms with E-state index in [1.807, 2.05) is 6.92 Å². The van der Waals surface area contributed by atoms with Crippen molar-refractivity contribution in [2.45, 2.75) is 32.2 Å². The van der Waals surface area contributed by atoms with Crippen LogP contribution in [0, 0.1) is 11.6 Å². The lowest BCUT2D eigenvalue weighted by Crippen LogP contribution is -2.22. The molecule has 0 amide bonds. The topological polar surface area (TPSA) is 26.0 Å². The third-order valence-corrected chi connectivity index (χ3v) is 2.16. The van der Waals surface area contributed by atoms with Crippen LogP contribution in [0.15, 0.2) is 18.2 Å². The molecule has 0 saturated heterocycles. The van der Waals surface area contributed by atoms with Gasteiger partial charge in [0.05, 0.1) is 0 Å². The van der Waals surface area contributed by atoms with E-state index < -0.39 is 11.6 Å². The van der Waals surface area contributed by atoms with Crippen LogP contribution < -0.4 is 5.73 Å². The fourth-order valence-corrected chi connectivity index (χ4v) is 1.44. The highest BCUT2D eigenvalue weighted by Gasteiger charge is 2.08. The molecule has 0 aliphatic rings. The number of nitrogens with two attached hydrogens (primary N) is 1. The van der Waals surface area contributed by atoms with Gasteiger partial charge in [0.15, 0.2) is 0 Å². The zero-order chi connectivity index (χ0) is 10.6. The van der Waals surface area contributed by atoms with Crippen molar-refractivity contribution in [3.8, 4) is 0 Å². The second-order valence-corrected chi connectivity index (χ2v) is 3.49. The molecule has 3 heteroatoms. The monoisotopic (exact) mass is 199 g/mol. The van der Waals surface area contributed by atoms with Crippen molar-refractivity contribution in [3.63, 3.8) is 0 Å². The third kappa shape index (κ3) is 3.07. The summed E-state index contributed by atoms with van der Waals surface area (Å²) in [6.45, 7) is 2.03. The summed E-state index contributed by atoms with van der Waals surface area (Å²) in [6, 6.07) is 3.57. The fourth-order valence-electron chi connectivity index (χ4n) is 1.44. The summed E-state index contributed by atoms with van der Waals surface area (Å²) in [5.74, 6) is -1.05. The molecular formula is C11H15F2N.